The number of hydrogen-bond donors (Lipinski definition) is 1. The maximum atomic E-state index is 10.2. The SMILES string of the molecule is CC#CC(C)(O)CCC1=C(C)CCC(C)C1(C)C. The Morgan fingerprint density at radius 1 is 1.44 bits per heavy atom. The molecule has 0 fully saturated rings. The van der Waals surface area contributed by atoms with E-state index in [0.717, 1.165) is 18.8 Å². The third kappa shape index (κ3) is 3.39. The van der Waals surface area contributed by atoms with E-state index < -0.39 is 5.60 Å². The monoisotopic (exact) mass is 248 g/mol. The van der Waals surface area contributed by atoms with Gasteiger partial charge in [0.05, 0.1) is 0 Å². The summed E-state index contributed by atoms with van der Waals surface area (Å²) < 4.78 is 0. The Morgan fingerprint density at radius 3 is 2.61 bits per heavy atom. The zero-order valence-corrected chi connectivity index (χ0v) is 12.9. The van der Waals surface area contributed by atoms with Gasteiger partial charge in [0.25, 0.3) is 0 Å². The molecule has 0 saturated carbocycles. The molecule has 18 heavy (non-hydrogen) atoms. The van der Waals surface area contributed by atoms with E-state index in [1.54, 1.807) is 12.5 Å². The fraction of sp³-hybridized carbons (Fsp3) is 0.765. The summed E-state index contributed by atoms with van der Waals surface area (Å²) in [4.78, 5) is 0. The molecular weight excluding hydrogens is 220 g/mol. The predicted octanol–water partition coefficient (Wildman–Crippen LogP) is 4.31. The molecule has 0 bridgehead atoms. The van der Waals surface area contributed by atoms with Crippen LogP contribution in [0.2, 0.25) is 0 Å². The van der Waals surface area contributed by atoms with Gasteiger partial charge in [-0.25, -0.2) is 0 Å². The highest BCUT2D eigenvalue weighted by atomic mass is 16.3. The predicted molar refractivity (Wildman–Crippen MR) is 78.2 cm³/mol. The van der Waals surface area contributed by atoms with E-state index >= 15 is 0 Å². The second kappa shape index (κ2) is 5.49. The zero-order chi connectivity index (χ0) is 14.0. The van der Waals surface area contributed by atoms with Gasteiger partial charge in [-0.3, -0.25) is 0 Å². The van der Waals surface area contributed by atoms with E-state index in [9.17, 15) is 5.11 Å². The summed E-state index contributed by atoms with van der Waals surface area (Å²) in [7, 11) is 0. The van der Waals surface area contributed by atoms with Gasteiger partial charge in [0.1, 0.15) is 5.60 Å². The van der Waals surface area contributed by atoms with Crippen molar-refractivity contribution in [3.8, 4) is 11.8 Å². The van der Waals surface area contributed by atoms with Crippen molar-refractivity contribution in [1.82, 2.24) is 0 Å². The average molecular weight is 248 g/mol. The third-order valence-electron chi connectivity index (χ3n) is 4.73. The van der Waals surface area contributed by atoms with Crippen molar-refractivity contribution in [2.24, 2.45) is 11.3 Å². The number of rotatable bonds is 3. The lowest BCUT2D eigenvalue weighted by molar-refractivity contribution is 0.108. The first-order chi connectivity index (χ1) is 8.20. The van der Waals surface area contributed by atoms with Crippen molar-refractivity contribution in [2.75, 3.05) is 0 Å². The highest BCUT2D eigenvalue weighted by Gasteiger charge is 2.35. The Kier molecular flexibility index (Phi) is 4.67. The van der Waals surface area contributed by atoms with Crippen LogP contribution in [0.3, 0.4) is 0 Å². The van der Waals surface area contributed by atoms with E-state index in [-0.39, 0.29) is 5.41 Å². The maximum Gasteiger partial charge on any atom is 0.123 e. The highest BCUT2D eigenvalue weighted by Crippen LogP contribution is 2.46. The smallest absolute Gasteiger partial charge is 0.123 e. The van der Waals surface area contributed by atoms with Crippen molar-refractivity contribution < 1.29 is 5.11 Å². The molecule has 1 aliphatic carbocycles. The van der Waals surface area contributed by atoms with E-state index in [1.807, 2.05) is 6.92 Å². The summed E-state index contributed by atoms with van der Waals surface area (Å²) in [6.45, 7) is 12.9. The molecule has 2 atom stereocenters. The minimum atomic E-state index is -0.848. The standard InChI is InChI=1S/C17H28O/c1-7-11-17(6,18)12-10-15-13(2)8-9-14(3)16(15,4)5/h14,18H,8-10,12H2,1-6H3. The highest BCUT2D eigenvalue weighted by molar-refractivity contribution is 5.25. The van der Waals surface area contributed by atoms with E-state index in [1.165, 1.54) is 18.4 Å². The van der Waals surface area contributed by atoms with Gasteiger partial charge < -0.3 is 5.11 Å². The molecule has 0 aromatic heterocycles. The Morgan fingerprint density at radius 2 is 2.06 bits per heavy atom. The fourth-order valence-electron chi connectivity index (χ4n) is 3.03. The van der Waals surface area contributed by atoms with Gasteiger partial charge in [-0.15, -0.1) is 5.92 Å². The molecule has 0 amide bonds. The van der Waals surface area contributed by atoms with E-state index in [2.05, 4.69) is 39.5 Å². The number of hydrogen-bond acceptors (Lipinski definition) is 1. The quantitative estimate of drug-likeness (QED) is 0.583. The molecule has 1 N–H and O–H groups in total. The normalized spacial score (nSPS) is 26.3. The molecule has 0 heterocycles. The molecule has 1 rings (SSSR count). The van der Waals surface area contributed by atoms with Crippen molar-refractivity contribution in [3.63, 3.8) is 0 Å². The molecule has 102 valence electrons. The first-order valence-corrected chi connectivity index (χ1v) is 7.06. The Hall–Kier alpha value is -0.740. The van der Waals surface area contributed by atoms with Crippen molar-refractivity contribution in [1.29, 1.82) is 0 Å². The maximum absolute atomic E-state index is 10.2. The second-order valence-corrected chi connectivity index (χ2v) is 6.57. The molecule has 0 radical (unpaired) electrons. The second-order valence-electron chi connectivity index (χ2n) is 6.57. The lowest BCUT2D eigenvalue weighted by atomic mass is 9.65. The van der Waals surface area contributed by atoms with Crippen LogP contribution in [-0.2, 0) is 0 Å². The number of aliphatic hydroxyl groups is 1. The topological polar surface area (TPSA) is 20.2 Å². The van der Waals surface area contributed by atoms with Crippen LogP contribution < -0.4 is 0 Å². The fourth-order valence-corrected chi connectivity index (χ4v) is 3.03. The van der Waals surface area contributed by atoms with Crippen LogP contribution >= 0.6 is 0 Å². The van der Waals surface area contributed by atoms with Crippen molar-refractivity contribution in [2.45, 2.75) is 72.8 Å². The van der Waals surface area contributed by atoms with Gasteiger partial charge in [-0.1, -0.05) is 37.8 Å². The summed E-state index contributed by atoms with van der Waals surface area (Å²) in [5, 5.41) is 10.2. The first kappa shape index (κ1) is 15.3. The van der Waals surface area contributed by atoms with Crippen LogP contribution in [0, 0.1) is 23.2 Å². The summed E-state index contributed by atoms with van der Waals surface area (Å²) in [6.07, 6.45) is 4.19. The van der Waals surface area contributed by atoms with Crippen LogP contribution in [0.1, 0.15) is 67.2 Å². The lowest BCUT2D eigenvalue weighted by Crippen LogP contribution is -2.30. The van der Waals surface area contributed by atoms with Crippen molar-refractivity contribution >= 4 is 0 Å². The Bertz CT molecular complexity index is 388. The number of allylic oxidation sites excluding steroid dienone is 2. The van der Waals surface area contributed by atoms with Gasteiger partial charge in [-0.2, -0.15) is 0 Å². The molecule has 1 nitrogen and oxygen atoms in total. The average Bonchev–Trinajstić information content (AvgIpc) is 2.23. The molecular formula is C17H28O. The molecule has 0 aromatic carbocycles. The summed E-state index contributed by atoms with van der Waals surface area (Å²) in [5.74, 6) is 6.44. The summed E-state index contributed by atoms with van der Waals surface area (Å²) in [6, 6.07) is 0. The van der Waals surface area contributed by atoms with Gasteiger partial charge in [0.15, 0.2) is 0 Å². The molecule has 0 saturated heterocycles. The molecule has 1 heteroatoms. The largest absolute Gasteiger partial charge is 0.378 e. The third-order valence-corrected chi connectivity index (χ3v) is 4.73. The van der Waals surface area contributed by atoms with Gasteiger partial charge in [0.2, 0.25) is 0 Å². The summed E-state index contributed by atoms with van der Waals surface area (Å²) >= 11 is 0. The van der Waals surface area contributed by atoms with Crippen LogP contribution in [-0.4, -0.2) is 10.7 Å². The van der Waals surface area contributed by atoms with Gasteiger partial charge in [-0.05, 0) is 57.8 Å². The van der Waals surface area contributed by atoms with E-state index in [4.69, 9.17) is 0 Å². The van der Waals surface area contributed by atoms with E-state index in [0.29, 0.717) is 0 Å². The Labute approximate surface area is 113 Å². The molecule has 1 aliphatic rings. The van der Waals surface area contributed by atoms with Gasteiger partial charge >= 0.3 is 0 Å². The summed E-state index contributed by atoms with van der Waals surface area (Å²) in [5.41, 5.74) is 2.48. The molecule has 0 aromatic rings. The first-order valence-electron chi connectivity index (χ1n) is 7.06. The lowest BCUT2D eigenvalue weighted by Gasteiger charge is -2.41. The van der Waals surface area contributed by atoms with Crippen LogP contribution in [0.25, 0.3) is 0 Å². The molecule has 2 unspecified atom stereocenters. The van der Waals surface area contributed by atoms with Crippen molar-refractivity contribution in [3.05, 3.63) is 11.1 Å². The van der Waals surface area contributed by atoms with Crippen LogP contribution in [0.5, 0.6) is 0 Å². The Balaban J connectivity index is 2.84. The minimum Gasteiger partial charge on any atom is -0.378 e. The minimum absolute atomic E-state index is 0.262. The van der Waals surface area contributed by atoms with Crippen LogP contribution in [0.15, 0.2) is 11.1 Å². The zero-order valence-electron chi connectivity index (χ0n) is 12.9. The van der Waals surface area contributed by atoms with Crippen LogP contribution in [0.4, 0.5) is 0 Å². The molecule has 0 spiro atoms. The molecule has 0 aliphatic heterocycles. The van der Waals surface area contributed by atoms with Gasteiger partial charge in [0, 0.05) is 0 Å².